The Morgan fingerprint density at radius 3 is 1.12 bits per heavy atom. The summed E-state index contributed by atoms with van der Waals surface area (Å²) in [5.74, 6) is 0. The lowest BCUT2D eigenvalue weighted by atomic mass is 9.99. The summed E-state index contributed by atoms with van der Waals surface area (Å²) in [5.41, 5.74) is 3.33. The Kier molecular flexibility index (Phi) is 2.48. The first-order chi connectivity index (χ1) is 7.18. The van der Waals surface area contributed by atoms with Crippen LogP contribution in [0, 0.1) is 0 Å². The summed E-state index contributed by atoms with van der Waals surface area (Å²) in [4.78, 5) is 0. The lowest BCUT2D eigenvalue weighted by Gasteiger charge is -2.59. The Morgan fingerprint density at radius 1 is 0.625 bits per heavy atom. The van der Waals surface area contributed by atoms with Crippen molar-refractivity contribution in [2.24, 2.45) is 0 Å². The van der Waals surface area contributed by atoms with Crippen molar-refractivity contribution in [3.8, 4) is 0 Å². The van der Waals surface area contributed by atoms with E-state index in [0.29, 0.717) is 0 Å². The normalized spacial score (nSPS) is 50.6. The molecule has 4 fully saturated rings. The van der Waals surface area contributed by atoms with Gasteiger partial charge in [0.1, 0.15) is 0 Å². The molecule has 0 atom stereocenters. The van der Waals surface area contributed by atoms with E-state index in [2.05, 4.69) is 44.2 Å². The van der Waals surface area contributed by atoms with Crippen molar-refractivity contribution in [3.63, 3.8) is 0 Å². The van der Waals surface area contributed by atoms with Crippen LogP contribution in [0.4, 0.5) is 0 Å². The van der Waals surface area contributed by atoms with E-state index in [9.17, 15) is 0 Å². The molecule has 3 saturated heterocycles. The quantitative estimate of drug-likeness (QED) is 0.601. The van der Waals surface area contributed by atoms with E-state index >= 15 is 0 Å². The summed E-state index contributed by atoms with van der Waals surface area (Å²) in [6, 6.07) is 0. The minimum atomic E-state index is -0.769. The maximum atomic E-state index is 3.21. The molecule has 0 aromatic heterocycles. The molecule has 4 heteroatoms. The van der Waals surface area contributed by atoms with Crippen LogP contribution in [0.15, 0.2) is 0 Å². The average molecular weight is 278 g/mol. The molecule has 0 spiro atoms. The van der Waals surface area contributed by atoms with E-state index in [1.54, 1.807) is 19.3 Å². The largest absolute Gasteiger partial charge is 0.157 e. The number of rotatable bonds is 0. The molecule has 1 aliphatic carbocycles. The third-order valence-corrected chi connectivity index (χ3v) is 23.4. The SMILES string of the molecule is C[P+]1(C)C2CC3CC(C2)[P+](C)(C)N1[P+]3(C)C. The molecule has 4 aliphatic rings. The third kappa shape index (κ3) is 1.28. The average Bonchev–Trinajstić information content (AvgIpc) is 2.12. The van der Waals surface area contributed by atoms with E-state index < -0.39 is 22.2 Å². The highest BCUT2D eigenvalue weighted by Crippen LogP contribution is 2.98. The summed E-state index contributed by atoms with van der Waals surface area (Å²) in [7, 11) is -2.31. The molecule has 16 heavy (non-hydrogen) atoms. The smallest absolute Gasteiger partial charge is 0.0244 e. The van der Waals surface area contributed by atoms with Gasteiger partial charge >= 0.3 is 0 Å². The predicted molar refractivity (Wildman–Crippen MR) is 83.4 cm³/mol. The topological polar surface area (TPSA) is 3.24 Å². The van der Waals surface area contributed by atoms with Gasteiger partial charge in [0.05, 0.1) is 57.0 Å². The van der Waals surface area contributed by atoms with Gasteiger partial charge in [0.25, 0.3) is 0 Å². The second-order valence-corrected chi connectivity index (χ2v) is 20.6. The predicted octanol–water partition coefficient (Wildman–Crippen LogP) is 4.18. The molecule has 1 saturated carbocycles. The van der Waals surface area contributed by atoms with Gasteiger partial charge in [0.15, 0.2) is 22.2 Å². The first kappa shape index (κ1) is 12.3. The van der Waals surface area contributed by atoms with E-state index in [1.807, 2.05) is 0 Å². The maximum Gasteiger partial charge on any atom is 0.157 e. The van der Waals surface area contributed by atoms with Gasteiger partial charge in [-0.2, -0.15) is 0 Å². The van der Waals surface area contributed by atoms with E-state index in [1.165, 1.54) is 0 Å². The Morgan fingerprint density at radius 2 is 0.875 bits per heavy atom. The van der Waals surface area contributed by atoms with Crippen LogP contribution < -0.4 is 0 Å². The second kappa shape index (κ2) is 3.22. The highest BCUT2D eigenvalue weighted by atomic mass is 31.3. The van der Waals surface area contributed by atoms with Crippen molar-refractivity contribution in [2.75, 3.05) is 40.0 Å². The van der Waals surface area contributed by atoms with Crippen LogP contribution in [0.3, 0.4) is 0 Å². The zero-order chi connectivity index (χ0) is 11.9. The van der Waals surface area contributed by atoms with E-state index in [0.717, 1.165) is 17.0 Å². The first-order valence-electron chi connectivity index (χ1n) is 6.51. The summed E-state index contributed by atoms with van der Waals surface area (Å²) in [5, 5.41) is 0. The van der Waals surface area contributed by atoms with Gasteiger partial charge in [0.2, 0.25) is 0 Å². The Hall–Kier alpha value is 1.25. The van der Waals surface area contributed by atoms with Crippen molar-refractivity contribution >= 4 is 22.2 Å². The molecule has 1 nitrogen and oxygen atoms in total. The molecular formula is C12H27NP3+3. The molecule has 0 aromatic carbocycles. The molecule has 92 valence electrons. The summed E-state index contributed by atoms with van der Waals surface area (Å²) < 4.78 is 3.21. The highest BCUT2D eigenvalue weighted by Gasteiger charge is 2.80. The third-order valence-electron chi connectivity index (χ3n) is 5.70. The monoisotopic (exact) mass is 278 g/mol. The number of hydrogen-bond acceptors (Lipinski definition) is 1. The Bertz CT molecular complexity index is 279. The maximum absolute atomic E-state index is 3.21. The van der Waals surface area contributed by atoms with Gasteiger partial charge in [-0.3, -0.25) is 0 Å². The fourth-order valence-electron chi connectivity index (χ4n) is 5.00. The molecule has 0 aromatic rings. The van der Waals surface area contributed by atoms with Gasteiger partial charge < -0.3 is 0 Å². The fraction of sp³-hybridized carbons (Fsp3) is 1.00. The van der Waals surface area contributed by atoms with Crippen molar-refractivity contribution in [2.45, 2.75) is 36.2 Å². The minimum Gasteiger partial charge on any atom is 0.0244 e. The van der Waals surface area contributed by atoms with Gasteiger partial charge in [-0.15, -0.1) is 0 Å². The van der Waals surface area contributed by atoms with Crippen molar-refractivity contribution in [1.82, 2.24) is 4.21 Å². The van der Waals surface area contributed by atoms with Gasteiger partial charge in [-0.1, -0.05) is 0 Å². The minimum absolute atomic E-state index is 0.769. The van der Waals surface area contributed by atoms with Gasteiger partial charge in [-0.25, -0.2) is 0 Å². The van der Waals surface area contributed by atoms with Crippen LogP contribution in [0.5, 0.6) is 0 Å². The zero-order valence-corrected chi connectivity index (χ0v) is 14.3. The second-order valence-electron chi connectivity index (χ2n) is 7.37. The Balaban J connectivity index is 2.14. The lowest BCUT2D eigenvalue weighted by molar-refractivity contribution is 0.470. The summed E-state index contributed by atoms with van der Waals surface area (Å²) in [6.07, 6.45) is 4.78. The number of hydrogen-bond donors (Lipinski definition) is 0. The molecule has 3 heterocycles. The van der Waals surface area contributed by atoms with Crippen molar-refractivity contribution < 1.29 is 0 Å². The Labute approximate surface area is 103 Å². The van der Waals surface area contributed by atoms with Gasteiger partial charge in [0, 0.05) is 23.5 Å². The van der Waals surface area contributed by atoms with Crippen LogP contribution >= 0.6 is 22.2 Å². The fourth-order valence-corrected chi connectivity index (χ4v) is 27.9. The summed E-state index contributed by atoms with van der Waals surface area (Å²) >= 11 is 0. The van der Waals surface area contributed by atoms with Crippen molar-refractivity contribution in [3.05, 3.63) is 0 Å². The van der Waals surface area contributed by atoms with Crippen LogP contribution in [-0.2, 0) is 0 Å². The van der Waals surface area contributed by atoms with Crippen LogP contribution in [0.2, 0.25) is 0 Å². The zero-order valence-electron chi connectivity index (χ0n) is 11.6. The van der Waals surface area contributed by atoms with Crippen LogP contribution in [-0.4, -0.2) is 61.2 Å². The first-order valence-corrected chi connectivity index (χ1v) is 14.6. The standard InChI is InChI=1S/C12H27NP3/c1-14(2)10-7-11-9-12(8-10)16(5,6)13(14)15(11,3)4/h10-12H,7-9H2,1-6H3/q+3. The molecule has 3 aliphatic heterocycles. The molecule has 0 amide bonds. The molecule has 4 bridgehead atoms. The summed E-state index contributed by atoms with van der Waals surface area (Å²) in [6.45, 7) is 15.9. The molecule has 4 rings (SSSR count). The molecule has 0 unspecified atom stereocenters. The van der Waals surface area contributed by atoms with Gasteiger partial charge in [-0.05, 0) is 0 Å². The molecule has 0 N–H and O–H groups in total. The highest BCUT2D eigenvalue weighted by molar-refractivity contribution is 8.01. The van der Waals surface area contributed by atoms with E-state index in [4.69, 9.17) is 0 Å². The lowest BCUT2D eigenvalue weighted by Crippen LogP contribution is -2.54. The molecule has 0 radical (unpaired) electrons. The van der Waals surface area contributed by atoms with Crippen LogP contribution in [0.25, 0.3) is 0 Å². The number of nitrogens with zero attached hydrogens (tertiary/aromatic N) is 1. The van der Waals surface area contributed by atoms with E-state index in [-0.39, 0.29) is 0 Å². The van der Waals surface area contributed by atoms with Crippen LogP contribution in [0.1, 0.15) is 19.3 Å². The molecular weight excluding hydrogens is 251 g/mol. The van der Waals surface area contributed by atoms with Crippen molar-refractivity contribution in [1.29, 1.82) is 0 Å².